The number of benzene rings is 3. The molecule has 0 aliphatic rings. The first-order valence-corrected chi connectivity index (χ1v) is 20.7. The second-order valence-electron chi connectivity index (χ2n) is 14.6. The standard InChI is InChI=1S/C40H58O2Si2/c1-31(2)43(32(3)4,33(5)6)40(41,36-23-15-12-16-24-36)30-35(8)34(7)22-21-29-42-44(39(9,10)11,37-25-17-13-18-26-37)38-27-19-14-20-28-38/h12-20,23-28,31-33,41H,7-8,21-22,29-30H2,1-6,9-11H3. The summed E-state index contributed by atoms with van der Waals surface area (Å²) in [5, 5.41) is 14.6. The molecule has 4 heteroatoms. The van der Waals surface area contributed by atoms with E-state index >= 15 is 0 Å². The first-order chi connectivity index (χ1) is 20.7. The van der Waals surface area contributed by atoms with Crippen LogP contribution in [-0.2, 0) is 9.65 Å². The van der Waals surface area contributed by atoms with E-state index in [1.807, 2.05) is 6.07 Å². The SMILES string of the molecule is C=C(CCCO[Si](c1ccccc1)(c1ccccc1)C(C)(C)C)C(=C)CC(O)(c1ccccc1)[Si](C(C)C)(C(C)C)C(C)C. The van der Waals surface area contributed by atoms with Crippen LogP contribution in [0.4, 0.5) is 0 Å². The van der Waals surface area contributed by atoms with Crippen molar-refractivity contribution in [3.05, 3.63) is 121 Å². The first-order valence-electron chi connectivity index (χ1n) is 16.5. The Bertz CT molecular complexity index is 1280. The van der Waals surface area contributed by atoms with Gasteiger partial charge in [0, 0.05) is 13.0 Å². The molecular formula is C40H58O2Si2. The highest BCUT2D eigenvalue weighted by atomic mass is 28.4. The summed E-state index contributed by atoms with van der Waals surface area (Å²) in [4.78, 5) is 0. The van der Waals surface area contributed by atoms with Gasteiger partial charge in [-0.15, -0.1) is 0 Å². The van der Waals surface area contributed by atoms with E-state index in [9.17, 15) is 5.11 Å². The minimum Gasteiger partial charge on any atom is -0.407 e. The highest BCUT2D eigenvalue weighted by molar-refractivity contribution is 6.99. The minimum absolute atomic E-state index is 0.0546. The Labute approximate surface area is 271 Å². The quantitative estimate of drug-likeness (QED) is 0.103. The van der Waals surface area contributed by atoms with Gasteiger partial charge in [0.2, 0.25) is 0 Å². The van der Waals surface area contributed by atoms with Crippen LogP contribution in [0.3, 0.4) is 0 Å². The molecule has 1 atom stereocenters. The molecule has 2 nitrogen and oxygen atoms in total. The first kappa shape index (κ1) is 36.0. The van der Waals surface area contributed by atoms with Crippen molar-refractivity contribution in [2.24, 2.45) is 0 Å². The van der Waals surface area contributed by atoms with E-state index in [0.717, 1.165) is 29.6 Å². The summed E-state index contributed by atoms with van der Waals surface area (Å²) < 4.78 is 7.14. The van der Waals surface area contributed by atoms with Gasteiger partial charge in [0.25, 0.3) is 8.32 Å². The lowest BCUT2D eigenvalue weighted by molar-refractivity contribution is 0.106. The topological polar surface area (TPSA) is 29.5 Å². The van der Waals surface area contributed by atoms with Crippen LogP contribution in [0.1, 0.15) is 87.1 Å². The second-order valence-corrected chi connectivity index (χ2v) is 25.1. The molecule has 3 rings (SSSR count). The summed E-state index contributed by atoms with van der Waals surface area (Å²) in [5.41, 5.74) is 4.19. The summed E-state index contributed by atoms with van der Waals surface area (Å²) in [6, 6.07) is 32.0. The third kappa shape index (κ3) is 6.84. The largest absolute Gasteiger partial charge is 0.407 e. The van der Waals surface area contributed by atoms with E-state index in [1.165, 1.54) is 10.4 Å². The van der Waals surface area contributed by atoms with Gasteiger partial charge in [0.05, 0.1) is 5.22 Å². The average Bonchev–Trinajstić information content (AvgIpc) is 2.97. The number of hydrogen-bond acceptors (Lipinski definition) is 2. The van der Waals surface area contributed by atoms with Gasteiger partial charge < -0.3 is 9.53 Å². The van der Waals surface area contributed by atoms with Gasteiger partial charge in [-0.05, 0) is 56.0 Å². The lowest BCUT2D eigenvalue weighted by Crippen LogP contribution is -2.66. The van der Waals surface area contributed by atoms with Crippen LogP contribution in [0.2, 0.25) is 21.7 Å². The van der Waals surface area contributed by atoms with Crippen LogP contribution in [0.15, 0.2) is 115 Å². The molecule has 0 amide bonds. The number of rotatable bonds is 15. The predicted octanol–water partition coefficient (Wildman–Crippen LogP) is 9.95. The van der Waals surface area contributed by atoms with Gasteiger partial charge in [-0.1, -0.05) is 172 Å². The molecule has 3 aromatic carbocycles. The molecule has 0 radical (unpaired) electrons. The van der Waals surface area contributed by atoms with Crippen molar-refractivity contribution in [2.45, 2.75) is 108 Å². The summed E-state index contributed by atoms with van der Waals surface area (Å²) in [5.74, 6) is 0. The van der Waals surface area contributed by atoms with Crippen molar-refractivity contribution >= 4 is 26.8 Å². The monoisotopic (exact) mass is 626 g/mol. The molecule has 1 N–H and O–H groups in total. The second kappa shape index (κ2) is 14.7. The maximum atomic E-state index is 13.0. The van der Waals surface area contributed by atoms with Crippen LogP contribution in [0.25, 0.3) is 0 Å². The van der Waals surface area contributed by atoms with Gasteiger partial charge >= 0.3 is 0 Å². The highest BCUT2D eigenvalue weighted by Gasteiger charge is 2.58. The molecule has 0 aromatic heterocycles. The summed E-state index contributed by atoms with van der Waals surface area (Å²) in [6.07, 6.45) is 2.17. The smallest absolute Gasteiger partial charge is 0.261 e. The van der Waals surface area contributed by atoms with Crippen molar-refractivity contribution in [1.29, 1.82) is 0 Å². The molecule has 0 heterocycles. The minimum atomic E-state index is -2.58. The maximum Gasteiger partial charge on any atom is 0.261 e. The molecule has 3 aromatic rings. The Morgan fingerprint density at radius 3 is 1.48 bits per heavy atom. The maximum absolute atomic E-state index is 13.0. The lowest BCUT2D eigenvalue weighted by atomic mass is 9.95. The lowest BCUT2D eigenvalue weighted by Gasteiger charge is -2.55. The Hall–Kier alpha value is -2.51. The van der Waals surface area contributed by atoms with Gasteiger partial charge in [-0.25, -0.2) is 0 Å². The molecule has 0 aliphatic heterocycles. The normalized spacial score (nSPS) is 14.2. The Morgan fingerprint density at radius 1 is 0.682 bits per heavy atom. The molecule has 0 saturated heterocycles. The van der Waals surface area contributed by atoms with E-state index in [2.05, 4.69) is 160 Å². The third-order valence-corrected chi connectivity index (χ3v) is 22.8. The Morgan fingerprint density at radius 2 is 1.09 bits per heavy atom. The van der Waals surface area contributed by atoms with Crippen molar-refractivity contribution < 1.29 is 9.53 Å². The zero-order chi connectivity index (χ0) is 32.8. The fraction of sp³-hybridized carbons (Fsp3) is 0.450. The van der Waals surface area contributed by atoms with E-state index < -0.39 is 21.6 Å². The summed E-state index contributed by atoms with van der Waals surface area (Å²) >= 11 is 0. The Balaban J connectivity index is 1.86. The molecule has 0 fully saturated rings. The fourth-order valence-corrected chi connectivity index (χ4v) is 21.2. The molecule has 1 unspecified atom stereocenters. The Kier molecular flexibility index (Phi) is 12.0. The number of hydrogen-bond donors (Lipinski definition) is 1. The molecule has 44 heavy (non-hydrogen) atoms. The zero-order valence-electron chi connectivity index (χ0n) is 29.0. The van der Waals surface area contributed by atoms with Gasteiger partial charge in [-0.3, -0.25) is 0 Å². The van der Waals surface area contributed by atoms with Crippen LogP contribution in [-0.4, -0.2) is 28.1 Å². The number of allylic oxidation sites excluding steroid dienone is 1. The van der Waals surface area contributed by atoms with Crippen molar-refractivity contribution in [2.75, 3.05) is 6.61 Å². The van der Waals surface area contributed by atoms with Gasteiger partial charge in [0.15, 0.2) is 0 Å². The van der Waals surface area contributed by atoms with Crippen molar-refractivity contribution in [3.63, 3.8) is 0 Å². The molecule has 0 spiro atoms. The highest BCUT2D eigenvalue weighted by Crippen LogP contribution is 2.55. The van der Waals surface area contributed by atoms with Crippen molar-refractivity contribution in [1.82, 2.24) is 0 Å². The number of aliphatic hydroxyl groups is 1. The molecular weight excluding hydrogens is 569 g/mol. The average molecular weight is 627 g/mol. The van der Waals surface area contributed by atoms with Crippen molar-refractivity contribution in [3.8, 4) is 0 Å². The zero-order valence-corrected chi connectivity index (χ0v) is 31.0. The van der Waals surface area contributed by atoms with Crippen LogP contribution in [0, 0.1) is 0 Å². The molecule has 0 bridgehead atoms. The molecule has 0 saturated carbocycles. The summed E-state index contributed by atoms with van der Waals surface area (Å²) in [6.45, 7) is 30.6. The molecule has 0 aliphatic carbocycles. The van der Waals surface area contributed by atoms with E-state index in [-0.39, 0.29) is 5.04 Å². The van der Waals surface area contributed by atoms with E-state index in [4.69, 9.17) is 4.43 Å². The van der Waals surface area contributed by atoms with Gasteiger partial charge in [0.1, 0.15) is 8.07 Å². The van der Waals surface area contributed by atoms with E-state index in [0.29, 0.717) is 29.7 Å². The third-order valence-electron chi connectivity index (χ3n) is 10.2. The summed E-state index contributed by atoms with van der Waals surface area (Å²) in [7, 11) is -4.94. The van der Waals surface area contributed by atoms with E-state index in [1.54, 1.807) is 0 Å². The fourth-order valence-electron chi connectivity index (χ4n) is 8.53. The molecule has 238 valence electrons. The van der Waals surface area contributed by atoms with Crippen LogP contribution >= 0.6 is 0 Å². The van der Waals surface area contributed by atoms with Gasteiger partial charge in [-0.2, -0.15) is 0 Å². The predicted molar refractivity (Wildman–Crippen MR) is 197 cm³/mol. The van der Waals surface area contributed by atoms with Crippen LogP contribution in [0.5, 0.6) is 0 Å². The van der Waals surface area contributed by atoms with Crippen LogP contribution < -0.4 is 10.4 Å².